The van der Waals surface area contributed by atoms with Gasteiger partial charge in [0.15, 0.2) is 6.23 Å². The van der Waals surface area contributed by atoms with Gasteiger partial charge in [0.25, 0.3) is 0 Å². The third-order valence-electron chi connectivity index (χ3n) is 7.90. The molecule has 1 saturated heterocycles. The van der Waals surface area contributed by atoms with Gasteiger partial charge in [-0.15, -0.1) is 0 Å². The number of ether oxygens (including phenoxy) is 4. The van der Waals surface area contributed by atoms with E-state index in [1.165, 1.54) is 17.0 Å². The van der Waals surface area contributed by atoms with Gasteiger partial charge in [-0.3, -0.25) is 14.5 Å². The maximum atomic E-state index is 12.4. The van der Waals surface area contributed by atoms with Gasteiger partial charge in [0.1, 0.15) is 17.6 Å². The summed E-state index contributed by atoms with van der Waals surface area (Å²) in [6.45, 7) is 8.16. The highest BCUT2D eigenvalue weighted by Gasteiger charge is 2.47. The van der Waals surface area contributed by atoms with Crippen LogP contribution in [0, 0.1) is 5.92 Å². The van der Waals surface area contributed by atoms with Gasteiger partial charge >= 0.3 is 5.97 Å². The van der Waals surface area contributed by atoms with Gasteiger partial charge in [-0.1, -0.05) is 37.3 Å². The van der Waals surface area contributed by atoms with E-state index in [-0.39, 0.29) is 42.6 Å². The second kappa shape index (κ2) is 10.8. The van der Waals surface area contributed by atoms with Crippen LogP contribution >= 0.6 is 0 Å². The van der Waals surface area contributed by atoms with Gasteiger partial charge in [-0.25, -0.2) is 0 Å². The highest BCUT2D eigenvalue weighted by atomic mass is 28.3. The molecule has 0 radical (unpaired) electrons. The van der Waals surface area contributed by atoms with E-state index in [0.717, 1.165) is 11.3 Å². The van der Waals surface area contributed by atoms with Crippen LogP contribution in [0.3, 0.4) is 0 Å². The van der Waals surface area contributed by atoms with Gasteiger partial charge in [0.2, 0.25) is 5.91 Å². The van der Waals surface area contributed by atoms with Gasteiger partial charge in [-0.2, -0.15) is 0 Å². The Morgan fingerprint density at radius 2 is 1.89 bits per heavy atom. The van der Waals surface area contributed by atoms with E-state index < -0.39 is 20.3 Å². The van der Waals surface area contributed by atoms with Crippen molar-refractivity contribution < 1.29 is 33.6 Å². The summed E-state index contributed by atoms with van der Waals surface area (Å²) in [6.07, 6.45) is -0.231. The first-order valence-corrected chi connectivity index (χ1v) is 15.8. The molecule has 37 heavy (non-hydrogen) atoms. The van der Waals surface area contributed by atoms with E-state index in [9.17, 15) is 14.7 Å². The van der Waals surface area contributed by atoms with Gasteiger partial charge in [0.05, 0.1) is 27.7 Å². The number of β-lactam (4-membered cyclic amide) rings is 1. The van der Waals surface area contributed by atoms with E-state index in [1.54, 1.807) is 14.2 Å². The quantitative estimate of drug-likeness (QED) is 0.301. The Hall–Kier alpha value is -2.88. The standard InChI is InChI=1S/C28H37NO7Si/c1-17-27(34-4)22-15-19(29-25(32)16-26(29)35-18(2)31)7-12-23(22)36-28(17)24(13-14-30)37(5,6)21-10-8-20(33-3)9-11-21/h7-12,15,17,24,26-28,30H,13-14,16H2,1-6H3/t17-,24?,26?,27-,28-/m1/s1. The number of rotatable bonds is 9. The molecule has 5 atom stereocenters. The number of anilines is 1. The van der Waals surface area contributed by atoms with Gasteiger partial charge in [0, 0.05) is 37.8 Å². The van der Waals surface area contributed by atoms with Crippen molar-refractivity contribution in [2.75, 3.05) is 25.7 Å². The number of aliphatic hydroxyl groups excluding tert-OH is 1. The first-order chi connectivity index (χ1) is 17.6. The zero-order valence-electron chi connectivity index (χ0n) is 22.4. The number of carbonyl (C=O) groups excluding carboxylic acids is 2. The molecular weight excluding hydrogens is 490 g/mol. The highest BCUT2D eigenvalue weighted by Crippen LogP contribution is 2.48. The summed E-state index contributed by atoms with van der Waals surface area (Å²) < 4.78 is 23.3. The number of methoxy groups -OCH3 is 2. The van der Waals surface area contributed by atoms with Crippen molar-refractivity contribution in [3.05, 3.63) is 48.0 Å². The van der Waals surface area contributed by atoms with Crippen molar-refractivity contribution in [1.29, 1.82) is 0 Å². The molecule has 1 N–H and O–H groups in total. The Bertz CT molecular complexity index is 1140. The molecule has 0 aliphatic carbocycles. The molecule has 2 aromatic rings. The number of hydrogen-bond donors (Lipinski definition) is 1. The summed E-state index contributed by atoms with van der Waals surface area (Å²) in [5.41, 5.74) is 1.63. The lowest BCUT2D eigenvalue weighted by Crippen LogP contribution is -2.55. The molecule has 2 aliphatic heterocycles. The summed E-state index contributed by atoms with van der Waals surface area (Å²) in [7, 11) is 1.23. The first kappa shape index (κ1) is 27.2. The maximum Gasteiger partial charge on any atom is 0.304 e. The van der Waals surface area contributed by atoms with Crippen LogP contribution in [0.2, 0.25) is 18.6 Å². The molecule has 0 bridgehead atoms. The largest absolute Gasteiger partial charge is 0.497 e. The van der Waals surface area contributed by atoms with Crippen LogP contribution in [0.15, 0.2) is 42.5 Å². The number of nitrogens with zero attached hydrogens (tertiary/aromatic N) is 1. The Kier molecular flexibility index (Phi) is 7.96. The van der Waals surface area contributed by atoms with Crippen LogP contribution in [0.1, 0.15) is 38.4 Å². The number of carbonyl (C=O) groups is 2. The smallest absolute Gasteiger partial charge is 0.304 e. The fourth-order valence-corrected chi connectivity index (χ4v) is 9.31. The van der Waals surface area contributed by atoms with Crippen molar-refractivity contribution in [2.24, 2.45) is 5.92 Å². The normalized spacial score (nSPS) is 24.0. The zero-order valence-corrected chi connectivity index (χ0v) is 23.4. The number of fused-ring (bicyclic) bond motifs is 1. The molecule has 1 amide bonds. The summed E-state index contributed by atoms with van der Waals surface area (Å²) in [5, 5.41) is 11.3. The Morgan fingerprint density at radius 1 is 1.19 bits per heavy atom. The monoisotopic (exact) mass is 527 g/mol. The average molecular weight is 528 g/mol. The van der Waals surface area contributed by atoms with Crippen LogP contribution in [0.4, 0.5) is 5.69 Å². The lowest BCUT2D eigenvalue weighted by Gasteiger charge is -2.46. The van der Waals surface area contributed by atoms with Gasteiger partial charge in [-0.05, 0) is 42.3 Å². The lowest BCUT2D eigenvalue weighted by molar-refractivity contribution is -0.153. The fourth-order valence-electron chi connectivity index (χ4n) is 5.81. The number of benzene rings is 2. The summed E-state index contributed by atoms with van der Waals surface area (Å²) in [4.78, 5) is 25.3. The molecule has 2 aliphatic rings. The maximum absolute atomic E-state index is 12.4. The van der Waals surface area contributed by atoms with Gasteiger partial charge < -0.3 is 24.1 Å². The SMILES string of the molecule is COc1ccc([Si](C)(C)C(CCO)[C@@H]2Oc3ccc(N4C(=O)CC4OC(C)=O)cc3[C@H](OC)[C@H]2C)cc1. The number of esters is 1. The molecule has 0 aromatic heterocycles. The summed E-state index contributed by atoms with van der Waals surface area (Å²) in [6, 6.07) is 13.8. The zero-order chi connectivity index (χ0) is 26.9. The van der Waals surface area contributed by atoms with Crippen LogP contribution < -0.4 is 19.6 Å². The Labute approximate surface area is 219 Å². The molecule has 1 fully saturated rings. The minimum Gasteiger partial charge on any atom is -0.497 e. The highest BCUT2D eigenvalue weighted by molar-refractivity contribution is 6.91. The number of hydrogen-bond acceptors (Lipinski definition) is 7. The van der Waals surface area contributed by atoms with Crippen LogP contribution in [-0.4, -0.2) is 58.2 Å². The lowest BCUT2D eigenvalue weighted by atomic mass is 9.86. The van der Waals surface area contributed by atoms with E-state index in [0.29, 0.717) is 17.9 Å². The van der Waals surface area contributed by atoms with Crippen molar-refractivity contribution in [2.45, 2.75) is 63.8 Å². The van der Waals surface area contributed by atoms with Crippen molar-refractivity contribution in [3.63, 3.8) is 0 Å². The van der Waals surface area contributed by atoms with E-state index in [4.69, 9.17) is 18.9 Å². The van der Waals surface area contributed by atoms with Crippen LogP contribution in [-0.2, 0) is 19.1 Å². The Morgan fingerprint density at radius 3 is 2.46 bits per heavy atom. The molecule has 4 rings (SSSR count). The first-order valence-electron chi connectivity index (χ1n) is 12.7. The summed E-state index contributed by atoms with van der Waals surface area (Å²) >= 11 is 0. The second-order valence-corrected chi connectivity index (χ2v) is 15.2. The topological polar surface area (TPSA) is 94.5 Å². The minimum absolute atomic E-state index is 0.00863. The minimum atomic E-state index is -2.12. The molecule has 0 spiro atoms. The van der Waals surface area contributed by atoms with Crippen LogP contribution in [0.25, 0.3) is 0 Å². The Balaban J connectivity index is 1.66. The number of aliphatic hydroxyl groups is 1. The van der Waals surface area contributed by atoms with E-state index in [2.05, 4.69) is 32.2 Å². The molecule has 9 heteroatoms. The van der Waals surface area contributed by atoms with Crippen LogP contribution in [0.5, 0.6) is 11.5 Å². The van der Waals surface area contributed by atoms with Crippen molar-refractivity contribution in [3.8, 4) is 11.5 Å². The number of amides is 1. The molecular formula is C28H37NO7Si. The molecule has 2 heterocycles. The molecule has 0 saturated carbocycles. The molecule has 2 unspecified atom stereocenters. The molecule has 200 valence electrons. The fraction of sp³-hybridized carbons (Fsp3) is 0.500. The van der Waals surface area contributed by atoms with E-state index in [1.807, 2.05) is 30.3 Å². The third kappa shape index (κ3) is 5.12. The predicted molar refractivity (Wildman–Crippen MR) is 143 cm³/mol. The van der Waals surface area contributed by atoms with Crippen molar-refractivity contribution in [1.82, 2.24) is 0 Å². The molecule has 8 nitrogen and oxygen atoms in total. The second-order valence-electron chi connectivity index (χ2n) is 10.4. The van der Waals surface area contributed by atoms with E-state index >= 15 is 0 Å². The third-order valence-corrected chi connectivity index (χ3v) is 12.2. The van der Waals surface area contributed by atoms with Crippen molar-refractivity contribution >= 4 is 30.8 Å². The molecule has 2 aromatic carbocycles. The summed E-state index contributed by atoms with van der Waals surface area (Å²) in [5.74, 6) is 0.992. The average Bonchev–Trinajstić information content (AvgIpc) is 2.86. The predicted octanol–water partition coefficient (Wildman–Crippen LogP) is 3.77.